The number of benzene rings is 2. The monoisotopic (exact) mass is 1220 g/mol. The number of unbranched alkanes of at least 4 members (excludes halogenated alkanes) is 8. The molecular weight excluding hydrogens is 1130 g/mol. The van der Waals surface area contributed by atoms with Crippen LogP contribution in [0.4, 0.5) is 23.2 Å². The number of hydrogen-bond acceptors (Lipinski definition) is 14. The molecule has 0 radical (unpaired) electrons. The number of carbonyl (C=O) groups excluding carboxylic acids is 6. The van der Waals surface area contributed by atoms with Gasteiger partial charge in [0.2, 0.25) is 0 Å². The lowest BCUT2D eigenvalue weighted by molar-refractivity contribution is -0.120. The average Bonchev–Trinajstić information content (AvgIpc) is 4.34. The largest absolute Gasteiger partial charge is 0.489 e. The summed E-state index contributed by atoms with van der Waals surface area (Å²) in [5, 5.41) is 27.0. The number of ketones is 2. The first-order valence-electron chi connectivity index (χ1n) is 28.7. The number of nitrogens with one attached hydrogen (secondary N) is 6. The maximum absolute atomic E-state index is 12.8. The van der Waals surface area contributed by atoms with Crippen LogP contribution < -0.4 is 52.8 Å². The van der Waals surface area contributed by atoms with Crippen LogP contribution in [0, 0.1) is 0 Å². The molecule has 2 aromatic rings. The van der Waals surface area contributed by atoms with Crippen LogP contribution in [0.5, 0.6) is 11.5 Å². The lowest BCUT2D eigenvalue weighted by atomic mass is 10.0. The highest BCUT2D eigenvalue weighted by Crippen LogP contribution is 2.34. The summed E-state index contributed by atoms with van der Waals surface area (Å²) < 4.78 is 41.1. The lowest BCUT2D eigenvalue weighted by Gasteiger charge is -2.20. The van der Waals surface area contributed by atoms with E-state index in [1.807, 2.05) is 23.5 Å². The first-order chi connectivity index (χ1) is 39.4. The summed E-state index contributed by atoms with van der Waals surface area (Å²) in [4.78, 5) is 81.2. The van der Waals surface area contributed by atoms with Crippen molar-refractivity contribution in [1.29, 1.82) is 0 Å². The molecule has 6 atom stereocenters. The zero-order valence-corrected chi connectivity index (χ0v) is 50.7. The van der Waals surface area contributed by atoms with Gasteiger partial charge in [0.05, 0.1) is 42.4 Å². The molecule has 4 heterocycles. The summed E-state index contributed by atoms with van der Waals surface area (Å²) in [6.07, 6.45) is 17.0. The van der Waals surface area contributed by atoms with E-state index in [1.165, 1.54) is 24.3 Å². The van der Waals surface area contributed by atoms with Gasteiger partial charge >= 0.3 is 24.1 Å². The highest BCUT2D eigenvalue weighted by Gasteiger charge is 2.43. The number of hydrogen-bond donors (Lipinski definition) is 9. The summed E-state index contributed by atoms with van der Waals surface area (Å²) in [6, 6.07) is 13.4. The Hall–Kier alpha value is -5.62. The molecule has 0 aliphatic carbocycles. The normalized spacial score (nSPS) is 19.6. The number of thioether (sulfide) groups is 2. The third kappa shape index (κ3) is 28.7. The van der Waals surface area contributed by atoms with Gasteiger partial charge in [-0.3, -0.25) is 14.4 Å². The SMILES string of the molecule is CC(C)(C)OC(=O)NC/C(=C\F)COc1ccc(C(=O)O)cc1.Cl.NC/C(=C\F)COc1ccc(C(=O)NCCCCCCC(=O)CCCCC2SCC3NC(=O)NC32)cc1.NCCCCCCC(=O)CCCCC1SCC2NC(=O)NC21. The second-order valence-corrected chi connectivity index (χ2v) is 24.3. The van der Waals surface area contributed by atoms with Gasteiger partial charge in [0.25, 0.3) is 5.91 Å². The van der Waals surface area contributed by atoms with Gasteiger partial charge in [0.1, 0.15) is 41.9 Å². The lowest BCUT2D eigenvalue weighted by Crippen LogP contribution is -2.36. The van der Waals surface area contributed by atoms with Gasteiger partial charge < -0.3 is 62.7 Å². The third-order valence-corrected chi connectivity index (χ3v) is 16.9. The van der Waals surface area contributed by atoms with E-state index in [0.717, 1.165) is 114 Å². The summed E-state index contributed by atoms with van der Waals surface area (Å²) in [7, 11) is 0. The topological polar surface area (TPSA) is 292 Å². The number of carboxylic acids is 1. The fraction of sp³-hybridized carbons (Fsp3) is 0.610. The summed E-state index contributed by atoms with van der Waals surface area (Å²) in [6.45, 7) is 6.54. The van der Waals surface area contributed by atoms with E-state index in [1.54, 1.807) is 45.0 Å². The van der Waals surface area contributed by atoms with Crippen LogP contribution in [0.2, 0.25) is 0 Å². The molecule has 11 N–H and O–H groups in total. The molecule has 6 unspecified atom stereocenters. The Morgan fingerprint density at radius 3 is 1.52 bits per heavy atom. The van der Waals surface area contributed by atoms with Gasteiger partial charge in [-0.15, -0.1) is 12.4 Å². The molecule has 24 heteroatoms. The standard InChI is InChI=1S/C27H39FN4O4S.C16H20FNO5.C16H29N3O2S.ClH/c28-15-19(16-29)17-36-22-12-10-20(11-13-22)26(34)30-14-6-2-1-3-7-21(33)8-4-5-9-24-25-23(18-37-24)31-27(35)32-25;1-16(2,3)23-15(21)18-9-11(8-17)10-22-13-6-4-12(5-7-13)14(19)20;17-10-6-2-1-3-7-12(20)8-4-5-9-14-15-13(11-22-14)18-16(21)19-15;/h10-13,15,23-25H,1-9,14,16-18,29H2,(H,30,34)(H2,31,32,35);4-8H,9-10H2,1-3H3,(H,18,21)(H,19,20);13-15H,1-11,17H2,(H2,18,19,21);1H/b19-15+;11-8+;;. The van der Waals surface area contributed by atoms with Gasteiger partial charge in [-0.25, -0.2) is 28.0 Å². The van der Waals surface area contributed by atoms with E-state index in [9.17, 15) is 42.3 Å². The van der Waals surface area contributed by atoms with Crippen LogP contribution in [0.3, 0.4) is 0 Å². The minimum Gasteiger partial charge on any atom is -0.489 e. The van der Waals surface area contributed by atoms with Crippen molar-refractivity contribution in [3.8, 4) is 11.5 Å². The van der Waals surface area contributed by atoms with Crippen molar-refractivity contribution < 1.29 is 61.7 Å². The second-order valence-electron chi connectivity index (χ2n) is 21.7. The van der Waals surface area contributed by atoms with Crippen molar-refractivity contribution in [3.63, 3.8) is 0 Å². The molecule has 0 bridgehead atoms. The molecule has 6 rings (SSSR count). The van der Waals surface area contributed by atoms with Crippen molar-refractivity contribution in [1.82, 2.24) is 31.9 Å². The number of alkyl carbamates (subject to hydrolysis) is 1. The molecule has 0 saturated carbocycles. The number of fused-ring (bicyclic) bond motifs is 2. The van der Waals surface area contributed by atoms with Gasteiger partial charge in [-0.05, 0) is 127 Å². The Balaban J connectivity index is 0.000000342. The number of Topliss-reactive ketones (excluding diaryl/α,β-unsaturated/α-hetero) is 2. The molecule has 0 aromatic heterocycles. The van der Waals surface area contributed by atoms with Crippen LogP contribution in [0.15, 0.2) is 72.3 Å². The molecule has 19 nitrogen and oxygen atoms in total. The van der Waals surface area contributed by atoms with E-state index in [0.29, 0.717) is 89.2 Å². The van der Waals surface area contributed by atoms with Crippen LogP contribution in [0.25, 0.3) is 0 Å². The molecular formula is C59H89ClF2N8O11S2. The van der Waals surface area contributed by atoms with Crippen molar-refractivity contribution >= 4 is 77.5 Å². The van der Waals surface area contributed by atoms with Crippen LogP contribution in [0.1, 0.15) is 157 Å². The van der Waals surface area contributed by atoms with E-state index >= 15 is 0 Å². The molecule has 464 valence electrons. The highest BCUT2D eigenvalue weighted by atomic mass is 35.5. The molecule has 83 heavy (non-hydrogen) atoms. The van der Waals surface area contributed by atoms with E-state index < -0.39 is 17.7 Å². The zero-order chi connectivity index (χ0) is 59.7. The number of nitrogens with two attached hydrogens (primary N) is 2. The first kappa shape index (κ1) is 71.6. The van der Waals surface area contributed by atoms with Gasteiger partial charge in [-0.2, -0.15) is 23.5 Å². The summed E-state index contributed by atoms with van der Waals surface area (Å²) >= 11 is 3.86. The molecule has 6 amide bonds. The predicted molar refractivity (Wildman–Crippen MR) is 325 cm³/mol. The zero-order valence-electron chi connectivity index (χ0n) is 48.3. The Bertz CT molecular complexity index is 2390. The van der Waals surface area contributed by atoms with E-state index in [2.05, 4.69) is 31.9 Å². The fourth-order valence-electron chi connectivity index (χ4n) is 9.30. The smallest absolute Gasteiger partial charge is 0.407 e. The molecule has 4 saturated heterocycles. The Labute approximate surface area is 502 Å². The average molecular weight is 1220 g/mol. The number of carbonyl (C=O) groups is 7. The number of carboxylic acid groups (broad SMARTS) is 1. The van der Waals surface area contributed by atoms with Crippen LogP contribution in [-0.2, 0) is 14.3 Å². The van der Waals surface area contributed by atoms with Crippen molar-refractivity contribution in [2.75, 3.05) is 50.9 Å². The van der Waals surface area contributed by atoms with Gasteiger partial charge in [-0.1, -0.05) is 38.5 Å². The van der Waals surface area contributed by atoms with Gasteiger partial charge in [0.15, 0.2) is 0 Å². The van der Waals surface area contributed by atoms with Crippen molar-refractivity contribution in [2.45, 2.75) is 177 Å². The van der Waals surface area contributed by atoms with Gasteiger partial charge in [0, 0.05) is 84.0 Å². The number of rotatable bonds is 34. The quantitative estimate of drug-likeness (QED) is 0.0233. The summed E-state index contributed by atoms with van der Waals surface area (Å²) in [5.41, 5.74) is 11.4. The molecule has 4 aliphatic rings. The number of amides is 6. The highest BCUT2D eigenvalue weighted by molar-refractivity contribution is 8.00. The molecule has 4 aliphatic heterocycles. The number of urea groups is 2. The van der Waals surface area contributed by atoms with E-state index in [-0.39, 0.29) is 85.9 Å². The Morgan fingerprint density at radius 2 is 1.07 bits per heavy atom. The maximum atomic E-state index is 12.8. The molecule has 0 spiro atoms. The maximum Gasteiger partial charge on any atom is 0.407 e. The Kier molecular flexibility index (Phi) is 34.4. The third-order valence-electron chi connectivity index (χ3n) is 13.8. The number of ether oxygens (including phenoxy) is 3. The van der Waals surface area contributed by atoms with E-state index in [4.69, 9.17) is 30.8 Å². The van der Waals surface area contributed by atoms with Crippen molar-refractivity contribution in [3.05, 3.63) is 83.5 Å². The fourth-order valence-corrected chi connectivity index (χ4v) is 12.4. The Morgan fingerprint density at radius 1 is 0.627 bits per heavy atom. The van der Waals surface area contributed by atoms with Crippen molar-refractivity contribution in [2.24, 2.45) is 11.5 Å². The minimum atomic E-state index is -1.04. The first-order valence-corrected chi connectivity index (χ1v) is 30.8. The number of halogens is 3. The van der Waals surface area contributed by atoms with Crippen LogP contribution in [-0.4, -0.2) is 138 Å². The molecule has 4 fully saturated rings. The second kappa shape index (κ2) is 39.8. The molecule has 2 aromatic carbocycles. The minimum absolute atomic E-state index is 0. The predicted octanol–water partition coefficient (Wildman–Crippen LogP) is 9.61. The van der Waals surface area contributed by atoms with Crippen LogP contribution >= 0.6 is 35.9 Å². The number of aromatic carboxylic acids is 1. The summed E-state index contributed by atoms with van der Waals surface area (Å²) in [5.74, 6) is 2.46.